The van der Waals surface area contributed by atoms with Gasteiger partial charge in [0.15, 0.2) is 0 Å². The van der Waals surface area contributed by atoms with Crippen LogP contribution >= 0.6 is 0 Å². The van der Waals surface area contributed by atoms with Crippen LogP contribution in [-0.4, -0.2) is 44.9 Å². The molecule has 0 amide bonds. The standard InChI is InChI=1S/C12H13N5O3/c1-16(2)8-3-11(18)17(15-4-8)6-10-9(12(19)20)5-13-7-14-10/h3-5,7H,6H2,1-2H3,(H,19,20). The molecule has 2 heterocycles. The summed E-state index contributed by atoms with van der Waals surface area (Å²) in [4.78, 5) is 32.3. The highest BCUT2D eigenvalue weighted by molar-refractivity contribution is 5.88. The highest BCUT2D eigenvalue weighted by Crippen LogP contribution is 2.07. The van der Waals surface area contributed by atoms with Crippen molar-refractivity contribution >= 4 is 11.7 Å². The number of aromatic nitrogens is 4. The third kappa shape index (κ3) is 2.79. The van der Waals surface area contributed by atoms with E-state index >= 15 is 0 Å². The van der Waals surface area contributed by atoms with Crippen LogP contribution in [-0.2, 0) is 6.54 Å². The maximum absolute atomic E-state index is 11.9. The molecule has 0 aliphatic heterocycles. The van der Waals surface area contributed by atoms with Crippen molar-refractivity contribution in [2.24, 2.45) is 0 Å². The molecule has 0 atom stereocenters. The van der Waals surface area contributed by atoms with E-state index in [1.807, 2.05) is 0 Å². The first-order chi connectivity index (χ1) is 9.49. The Morgan fingerprint density at radius 1 is 1.40 bits per heavy atom. The fraction of sp³-hybridized carbons (Fsp3) is 0.250. The maximum atomic E-state index is 11.9. The molecule has 0 aliphatic carbocycles. The number of rotatable bonds is 4. The number of carboxylic acid groups (broad SMARTS) is 1. The minimum Gasteiger partial charge on any atom is -0.478 e. The van der Waals surface area contributed by atoms with Crippen molar-refractivity contribution in [3.05, 3.63) is 46.4 Å². The lowest BCUT2D eigenvalue weighted by Gasteiger charge is -2.12. The molecule has 1 N–H and O–H groups in total. The molecule has 0 unspecified atom stereocenters. The molecule has 20 heavy (non-hydrogen) atoms. The molecule has 2 rings (SSSR count). The molecule has 2 aromatic rings. The van der Waals surface area contributed by atoms with E-state index in [0.29, 0.717) is 5.69 Å². The van der Waals surface area contributed by atoms with Gasteiger partial charge in [0.25, 0.3) is 5.56 Å². The summed E-state index contributed by atoms with van der Waals surface area (Å²) in [5.74, 6) is -1.14. The topological polar surface area (TPSA) is 101 Å². The van der Waals surface area contributed by atoms with Crippen LogP contribution in [0.4, 0.5) is 5.69 Å². The van der Waals surface area contributed by atoms with Crippen LogP contribution in [0.3, 0.4) is 0 Å². The van der Waals surface area contributed by atoms with E-state index in [2.05, 4.69) is 15.1 Å². The summed E-state index contributed by atoms with van der Waals surface area (Å²) >= 11 is 0. The van der Waals surface area contributed by atoms with Gasteiger partial charge >= 0.3 is 5.97 Å². The van der Waals surface area contributed by atoms with Crippen molar-refractivity contribution in [1.29, 1.82) is 0 Å². The molecule has 0 radical (unpaired) electrons. The minimum atomic E-state index is -1.14. The van der Waals surface area contributed by atoms with Crippen LogP contribution in [0.2, 0.25) is 0 Å². The minimum absolute atomic E-state index is 0.0172. The van der Waals surface area contributed by atoms with Gasteiger partial charge in [-0.2, -0.15) is 5.10 Å². The maximum Gasteiger partial charge on any atom is 0.339 e. The summed E-state index contributed by atoms with van der Waals surface area (Å²) in [5, 5.41) is 13.0. The zero-order valence-corrected chi connectivity index (χ0v) is 11.0. The molecule has 0 fully saturated rings. The molecular formula is C12H13N5O3. The Bertz CT molecular complexity index is 695. The van der Waals surface area contributed by atoms with Gasteiger partial charge in [-0.15, -0.1) is 0 Å². The van der Waals surface area contributed by atoms with Crippen LogP contribution in [0.1, 0.15) is 16.1 Å². The first kappa shape index (κ1) is 13.7. The molecule has 0 saturated heterocycles. The van der Waals surface area contributed by atoms with Crippen molar-refractivity contribution in [2.45, 2.75) is 6.54 Å². The Morgan fingerprint density at radius 2 is 2.15 bits per heavy atom. The monoisotopic (exact) mass is 275 g/mol. The SMILES string of the molecule is CN(C)c1cnn(Cc2ncncc2C(=O)O)c(=O)c1. The summed E-state index contributed by atoms with van der Waals surface area (Å²) in [5.41, 5.74) is 0.538. The van der Waals surface area contributed by atoms with Crippen molar-refractivity contribution in [2.75, 3.05) is 19.0 Å². The van der Waals surface area contributed by atoms with Gasteiger partial charge in [0, 0.05) is 26.4 Å². The molecular weight excluding hydrogens is 262 g/mol. The number of anilines is 1. The normalized spacial score (nSPS) is 10.3. The van der Waals surface area contributed by atoms with Crippen molar-refractivity contribution in [3.8, 4) is 0 Å². The van der Waals surface area contributed by atoms with Gasteiger partial charge in [-0.1, -0.05) is 0 Å². The van der Waals surface area contributed by atoms with Gasteiger partial charge in [-0.3, -0.25) is 4.79 Å². The summed E-state index contributed by atoms with van der Waals surface area (Å²) in [6.07, 6.45) is 3.97. The van der Waals surface area contributed by atoms with E-state index in [1.165, 1.54) is 24.8 Å². The summed E-state index contributed by atoms with van der Waals surface area (Å²) in [6, 6.07) is 1.43. The average molecular weight is 275 g/mol. The second-order valence-corrected chi connectivity index (χ2v) is 4.29. The second-order valence-electron chi connectivity index (χ2n) is 4.29. The average Bonchev–Trinajstić information content (AvgIpc) is 2.41. The van der Waals surface area contributed by atoms with E-state index < -0.39 is 5.97 Å². The number of hydrogen-bond acceptors (Lipinski definition) is 6. The highest BCUT2D eigenvalue weighted by atomic mass is 16.4. The summed E-state index contributed by atoms with van der Waals surface area (Å²) in [7, 11) is 3.60. The molecule has 8 heteroatoms. The lowest BCUT2D eigenvalue weighted by Crippen LogP contribution is -2.25. The number of hydrogen-bond donors (Lipinski definition) is 1. The molecule has 2 aromatic heterocycles. The van der Waals surface area contributed by atoms with Crippen molar-refractivity contribution in [1.82, 2.24) is 19.7 Å². The van der Waals surface area contributed by atoms with Crippen molar-refractivity contribution in [3.63, 3.8) is 0 Å². The van der Waals surface area contributed by atoms with Crippen LogP contribution < -0.4 is 10.5 Å². The first-order valence-electron chi connectivity index (χ1n) is 5.75. The lowest BCUT2D eigenvalue weighted by molar-refractivity contribution is 0.0694. The Kier molecular flexibility index (Phi) is 3.74. The molecule has 8 nitrogen and oxygen atoms in total. The molecule has 0 spiro atoms. The van der Waals surface area contributed by atoms with E-state index in [-0.39, 0.29) is 23.4 Å². The summed E-state index contributed by atoms with van der Waals surface area (Å²) < 4.78 is 1.15. The van der Waals surface area contributed by atoms with Crippen LogP contribution in [0.5, 0.6) is 0 Å². The number of carboxylic acids is 1. The van der Waals surface area contributed by atoms with Gasteiger partial charge in [0.1, 0.15) is 11.9 Å². The predicted molar refractivity (Wildman–Crippen MR) is 70.9 cm³/mol. The third-order valence-electron chi connectivity index (χ3n) is 2.70. The molecule has 104 valence electrons. The largest absolute Gasteiger partial charge is 0.478 e. The van der Waals surface area contributed by atoms with Crippen molar-refractivity contribution < 1.29 is 9.90 Å². The zero-order valence-electron chi connectivity index (χ0n) is 11.0. The van der Waals surface area contributed by atoms with Gasteiger partial charge in [0.2, 0.25) is 0 Å². The fourth-order valence-corrected chi connectivity index (χ4v) is 1.59. The van der Waals surface area contributed by atoms with E-state index in [0.717, 1.165) is 4.68 Å². The molecule has 0 bridgehead atoms. The van der Waals surface area contributed by atoms with Crippen LogP contribution in [0.25, 0.3) is 0 Å². The van der Waals surface area contributed by atoms with Gasteiger partial charge < -0.3 is 10.0 Å². The predicted octanol–water partition coefficient (Wildman–Crippen LogP) is -0.154. The number of carbonyl (C=O) groups is 1. The highest BCUT2D eigenvalue weighted by Gasteiger charge is 2.13. The number of aromatic carboxylic acids is 1. The van der Waals surface area contributed by atoms with E-state index in [9.17, 15) is 9.59 Å². The van der Waals surface area contributed by atoms with E-state index in [1.54, 1.807) is 19.0 Å². The Balaban J connectivity index is 2.36. The zero-order chi connectivity index (χ0) is 14.7. The fourth-order valence-electron chi connectivity index (χ4n) is 1.59. The number of nitrogens with zero attached hydrogens (tertiary/aromatic N) is 5. The first-order valence-corrected chi connectivity index (χ1v) is 5.75. The third-order valence-corrected chi connectivity index (χ3v) is 2.70. The molecule has 0 aromatic carbocycles. The Morgan fingerprint density at radius 3 is 2.75 bits per heavy atom. The van der Waals surface area contributed by atoms with Gasteiger partial charge in [0.05, 0.1) is 24.1 Å². The van der Waals surface area contributed by atoms with Crippen LogP contribution in [0.15, 0.2) is 29.6 Å². The lowest BCUT2D eigenvalue weighted by atomic mass is 10.2. The van der Waals surface area contributed by atoms with Gasteiger partial charge in [-0.05, 0) is 0 Å². The quantitative estimate of drug-likeness (QED) is 0.827. The Labute approximate surface area is 114 Å². The molecule has 0 saturated carbocycles. The Hall–Kier alpha value is -2.77. The molecule has 0 aliphatic rings. The van der Waals surface area contributed by atoms with E-state index in [4.69, 9.17) is 5.11 Å². The second kappa shape index (κ2) is 5.47. The van der Waals surface area contributed by atoms with Crippen LogP contribution in [0, 0.1) is 0 Å². The van der Waals surface area contributed by atoms with Gasteiger partial charge in [-0.25, -0.2) is 19.4 Å². The summed E-state index contributed by atoms with van der Waals surface area (Å²) in [6.45, 7) is -0.0172. The smallest absolute Gasteiger partial charge is 0.339 e.